The van der Waals surface area contributed by atoms with Crippen molar-refractivity contribution >= 4 is 5.91 Å². The molecular weight excluding hydrogens is 206 g/mol. The molecular formula is C12H23NO3. The van der Waals surface area contributed by atoms with Gasteiger partial charge in [-0.05, 0) is 44.9 Å². The summed E-state index contributed by atoms with van der Waals surface area (Å²) < 4.78 is 0. The second-order valence-electron chi connectivity index (χ2n) is 4.87. The Kier molecular flexibility index (Phi) is 5.77. The molecule has 0 aliphatic heterocycles. The van der Waals surface area contributed by atoms with Crippen LogP contribution in [0.3, 0.4) is 0 Å². The number of rotatable bonds is 5. The summed E-state index contributed by atoms with van der Waals surface area (Å²) in [7, 11) is 0. The summed E-state index contributed by atoms with van der Waals surface area (Å²) in [6, 6.07) is 0. The zero-order valence-corrected chi connectivity index (χ0v) is 9.98. The second-order valence-corrected chi connectivity index (χ2v) is 4.87. The van der Waals surface area contributed by atoms with E-state index in [9.17, 15) is 9.90 Å². The van der Waals surface area contributed by atoms with E-state index in [1.54, 1.807) is 6.92 Å². The van der Waals surface area contributed by atoms with E-state index in [4.69, 9.17) is 5.11 Å². The molecule has 0 aromatic heterocycles. The first kappa shape index (κ1) is 13.5. The van der Waals surface area contributed by atoms with Crippen LogP contribution in [0.1, 0.15) is 45.4 Å². The highest BCUT2D eigenvalue weighted by molar-refractivity contribution is 5.75. The van der Waals surface area contributed by atoms with Gasteiger partial charge in [0.1, 0.15) is 0 Å². The summed E-state index contributed by atoms with van der Waals surface area (Å²) in [5.74, 6) is 0.533. The maximum Gasteiger partial charge on any atom is 0.220 e. The van der Waals surface area contributed by atoms with Gasteiger partial charge in [0.05, 0.1) is 12.2 Å². The van der Waals surface area contributed by atoms with Gasteiger partial charge in [0, 0.05) is 13.0 Å². The predicted octanol–water partition coefficient (Wildman–Crippen LogP) is 0.815. The van der Waals surface area contributed by atoms with Gasteiger partial charge in [-0.1, -0.05) is 0 Å². The molecule has 3 N–H and O–H groups in total. The number of aliphatic hydroxyl groups is 2. The zero-order valence-electron chi connectivity index (χ0n) is 9.98. The van der Waals surface area contributed by atoms with Gasteiger partial charge in [0.15, 0.2) is 0 Å². The first-order chi connectivity index (χ1) is 7.58. The summed E-state index contributed by atoms with van der Waals surface area (Å²) in [6.07, 6.45) is 4.08. The highest BCUT2D eigenvalue weighted by Crippen LogP contribution is 2.23. The zero-order chi connectivity index (χ0) is 12.0. The summed E-state index contributed by atoms with van der Waals surface area (Å²) >= 11 is 0. The Morgan fingerprint density at radius 2 is 2.00 bits per heavy atom. The van der Waals surface area contributed by atoms with Crippen LogP contribution < -0.4 is 5.32 Å². The molecule has 1 aliphatic rings. The molecule has 1 aliphatic carbocycles. The molecule has 1 atom stereocenters. The molecule has 0 radical (unpaired) electrons. The van der Waals surface area contributed by atoms with Gasteiger partial charge in [-0.15, -0.1) is 0 Å². The second kappa shape index (κ2) is 6.86. The molecule has 0 aromatic carbocycles. The topological polar surface area (TPSA) is 69.6 Å². The molecule has 1 fully saturated rings. The lowest BCUT2D eigenvalue weighted by Crippen LogP contribution is -2.32. The van der Waals surface area contributed by atoms with Gasteiger partial charge < -0.3 is 15.5 Å². The first-order valence-corrected chi connectivity index (χ1v) is 6.20. The Balaban J connectivity index is 2.07. The van der Waals surface area contributed by atoms with E-state index in [1.807, 2.05) is 0 Å². The predicted molar refractivity (Wildman–Crippen MR) is 61.9 cm³/mol. The maximum absolute atomic E-state index is 11.4. The number of aliphatic hydroxyl groups excluding tert-OH is 2. The summed E-state index contributed by atoms with van der Waals surface area (Å²) in [6.45, 7) is 2.40. The molecule has 0 saturated heterocycles. The Labute approximate surface area is 97.0 Å². The van der Waals surface area contributed by atoms with Crippen LogP contribution in [0, 0.1) is 5.92 Å². The van der Waals surface area contributed by atoms with Crippen LogP contribution in [0.25, 0.3) is 0 Å². The van der Waals surface area contributed by atoms with Crippen molar-refractivity contribution < 1.29 is 15.0 Å². The fourth-order valence-electron chi connectivity index (χ4n) is 2.04. The van der Waals surface area contributed by atoms with Crippen molar-refractivity contribution in [2.75, 3.05) is 6.54 Å². The SMILES string of the molecule is CC(O)CCC(=O)NCC1CCC(O)CC1. The Morgan fingerprint density at radius 1 is 1.38 bits per heavy atom. The lowest BCUT2D eigenvalue weighted by molar-refractivity contribution is -0.121. The van der Waals surface area contributed by atoms with Gasteiger partial charge in [0.25, 0.3) is 0 Å². The summed E-state index contributed by atoms with van der Waals surface area (Å²) in [5.41, 5.74) is 0. The molecule has 4 heteroatoms. The number of amides is 1. The fourth-order valence-corrected chi connectivity index (χ4v) is 2.04. The molecule has 16 heavy (non-hydrogen) atoms. The molecule has 0 bridgehead atoms. The van der Waals surface area contributed by atoms with E-state index in [1.165, 1.54) is 0 Å². The quantitative estimate of drug-likeness (QED) is 0.653. The van der Waals surface area contributed by atoms with Crippen molar-refractivity contribution in [3.63, 3.8) is 0 Å². The number of carbonyl (C=O) groups excluding carboxylic acids is 1. The molecule has 1 rings (SSSR count). The van der Waals surface area contributed by atoms with E-state index < -0.39 is 6.10 Å². The van der Waals surface area contributed by atoms with Crippen molar-refractivity contribution in [3.8, 4) is 0 Å². The van der Waals surface area contributed by atoms with Crippen molar-refractivity contribution in [2.45, 2.75) is 57.7 Å². The molecule has 1 amide bonds. The summed E-state index contributed by atoms with van der Waals surface area (Å²) in [4.78, 5) is 11.4. The Bertz CT molecular complexity index is 210. The third-order valence-corrected chi connectivity index (χ3v) is 3.19. The number of carbonyl (C=O) groups is 1. The molecule has 0 spiro atoms. The van der Waals surface area contributed by atoms with Gasteiger partial charge in [0.2, 0.25) is 5.91 Å². The normalized spacial score (nSPS) is 27.4. The van der Waals surface area contributed by atoms with E-state index >= 15 is 0 Å². The number of hydrogen-bond donors (Lipinski definition) is 3. The van der Waals surface area contributed by atoms with Crippen LogP contribution in [0.4, 0.5) is 0 Å². The molecule has 94 valence electrons. The monoisotopic (exact) mass is 229 g/mol. The van der Waals surface area contributed by atoms with Crippen molar-refractivity contribution in [3.05, 3.63) is 0 Å². The van der Waals surface area contributed by atoms with Gasteiger partial charge in [-0.25, -0.2) is 0 Å². The van der Waals surface area contributed by atoms with Gasteiger partial charge >= 0.3 is 0 Å². The molecule has 1 unspecified atom stereocenters. The lowest BCUT2D eigenvalue weighted by atomic mass is 9.87. The van der Waals surface area contributed by atoms with Crippen LogP contribution >= 0.6 is 0 Å². The average Bonchev–Trinajstić information content (AvgIpc) is 2.25. The number of nitrogens with one attached hydrogen (secondary N) is 1. The third kappa shape index (κ3) is 5.47. The van der Waals surface area contributed by atoms with Gasteiger partial charge in [-0.3, -0.25) is 4.79 Å². The van der Waals surface area contributed by atoms with E-state index in [0.29, 0.717) is 25.3 Å². The average molecular weight is 229 g/mol. The molecule has 1 saturated carbocycles. The van der Waals surface area contributed by atoms with Crippen LogP contribution in [0.15, 0.2) is 0 Å². The molecule has 4 nitrogen and oxygen atoms in total. The minimum Gasteiger partial charge on any atom is -0.393 e. The molecule has 0 aromatic rings. The van der Waals surface area contributed by atoms with Crippen molar-refractivity contribution in [2.24, 2.45) is 5.92 Å². The highest BCUT2D eigenvalue weighted by atomic mass is 16.3. The van der Waals surface area contributed by atoms with E-state index in [-0.39, 0.29) is 12.0 Å². The standard InChI is InChI=1S/C12H23NO3/c1-9(14)2-7-12(16)13-8-10-3-5-11(15)6-4-10/h9-11,14-15H,2-8H2,1H3,(H,13,16). The van der Waals surface area contributed by atoms with Crippen LogP contribution in [-0.4, -0.2) is 34.9 Å². The third-order valence-electron chi connectivity index (χ3n) is 3.19. The highest BCUT2D eigenvalue weighted by Gasteiger charge is 2.19. The first-order valence-electron chi connectivity index (χ1n) is 6.20. The Hall–Kier alpha value is -0.610. The number of hydrogen-bond acceptors (Lipinski definition) is 3. The fraction of sp³-hybridized carbons (Fsp3) is 0.917. The van der Waals surface area contributed by atoms with Crippen molar-refractivity contribution in [1.29, 1.82) is 0 Å². The smallest absolute Gasteiger partial charge is 0.220 e. The largest absolute Gasteiger partial charge is 0.393 e. The minimum atomic E-state index is -0.407. The van der Waals surface area contributed by atoms with Gasteiger partial charge in [-0.2, -0.15) is 0 Å². The van der Waals surface area contributed by atoms with Crippen LogP contribution in [-0.2, 0) is 4.79 Å². The van der Waals surface area contributed by atoms with Crippen LogP contribution in [0.5, 0.6) is 0 Å². The van der Waals surface area contributed by atoms with Crippen LogP contribution in [0.2, 0.25) is 0 Å². The minimum absolute atomic E-state index is 0.0204. The lowest BCUT2D eigenvalue weighted by Gasteiger charge is -2.25. The van der Waals surface area contributed by atoms with Crippen molar-refractivity contribution in [1.82, 2.24) is 5.32 Å². The molecule has 0 heterocycles. The Morgan fingerprint density at radius 3 is 2.56 bits per heavy atom. The summed E-state index contributed by atoms with van der Waals surface area (Å²) in [5, 5.41) is 21.3. The van der Waals surface area contributed by atoms with E-state index in [2.05, 4.69) is 5.32 Å². The van der Waals surface area contributed by atoms with E-state index in [0.717, 1.165) is 25.7 Å². The maximum atomic E-state index is 11.4.